The second kappa shape index (κ2) is 6.75. The maximum atomic E-state index is 11.3. The molecule has 0 aliphatic rings. The van der Waals surface area contributed by atoms with Gasteiger partial charge in [0.15, 0.2) is 0 Å². The average molecular weight is 379 g/mol. The summed E-state index contributed by atoms with van der Waals surface area (Å²) in [7, 11) is 0. The van der Waals surface area contributed by atoms with Crippen LogP contribution < -0.4 is 0 Å². The lowest BCUT2D eigenvalue weighted by Gasteiger charge is -2.06. The fourth-order valence-electron chi connectivity index (χ4n) is 2.26. The summed E-state index contributed by atoms with van der Waals surface area (Å²) in [5, 5.41) is 55.5. The molecule has 0 spiro atoms. The van der Waals surface area contributed by atoms with Gasteiger partial charge in [-0.05, 0) is 6.07 Å². The van der Waals surface area contributed by atoms with E-state index in [4.69, 9.17) is 0 Å². The Hall–Kier alpha value is -4.56. The van der Waals surface area contributed by atoms with Crippen molar-refractivity contribution in [3.8, 4) is 11.1 Å². The van der Waals surface area contributed by atoms with Crippen molar-refractivity contribution in [1.29, 1.82) is 0 Å². The molecule has 0 fully saturated rings. The van der Waals surface area contributed by atoms with E-state index in [2.05, 4.69) is 0 Å². The summed E-state index contributed by atoms with van der Waals surface area (Å²) in [6, 6.07) is 2.79. The van der Waals surface area contributed by atoms with Crippen LogP contribution in [0, 0.1) is 50.6 Å². The zero-order valence-corrected chi connectivity index (χ0v) is 12.7. The van der Waals surface area contributed by atoms with Crippen LogP contribution in [0.3, 0.4) is 0 Å². The summed E-state index contributed by atoms with van der Waals surface area (Å²) in [6.07, 6.45) is 0. The zero-order chi connectivity index (χ0) is 20.5. The third kappa shape index (κ3) is 3.45. The Labute approximate surface area is 146 Å². The number of hydrogen-bond donors (Lipinski definition) is 0. The maximum Gasteiger partial charge on any atom is 0.291 e. The SMILES string of the molecule is O=[N+]([O-])c1ccc(-c2c([N+](=O)[O-])cc([N+](=O)[O-])cc2[N+](=O)[O-])c([N+](=O)[O-])c1. The molecule has 0 aromatic heterocycles. The molecule has 0 heterocycles. The quantitative estimate of drug-likeness (QED) is 0.527. The Bertz CT molecular complexity index is 998. The Morgan fingerprint density at radius 3 is 1.30 bits per heavy atom. The summed E-state index contributed by atoms with van der Waals surface area (Å²) >= 11 is 0. The lowest BCUT2D eigenvalue weighted by atomic mass is 9.98. The van der Waals surface area contributed by atoms with Gasteiger partial charge in [0.2, 0.25) is 0 Å². The van der Waals surface area contributed by atoms with E-state index >= 15 is 0 Å². The first-order chi connectivity index (χ1) is 12.5. The fraction of sp³-hybridized carbons (Fsp3) is 0. The van der Waals surface area contributed by atoms with Crippen LogP contribution in [-0.4, -0.2) is 24.6 Å². The second-order valence-corrected chi connectivity index (χ2v) is 4.85. The smallest absolute Gasteiger partial charge is 0.258 e. The van der Waals surface area contributed by atoms with E-state index < -0.39 is 64.2 Å². The first kappa shape index (κ1) is 18.8. The van der Waals surface area contributed by atoms with Crippen molar-refractivity contribution in [1.82, 2.24) is 0 Å². The molecule has 0 saturated heterocycles. The highest BCUT2D eigenvalue weighted by molar-refractivity contribution is 5.89. The molecule has 0 bridgehead atoms. The van der Waals surface area contributed by atoms with Crippen molar-refractivity contribution in [2.75, 3.05) is 0 Å². The van der Waals surface area contributed by atoms with Crippen molar-refractivity contribution in [2.24, 2.45) is 0 Å². The molecule has 0 unspecified atom stereocenters. The zero-order valence-electron chi connectivity index (χ0n) is 12.7. The van der Waals surface area contributed by atoms with Crippen LogP contribution in [0.4, 0.5) is 28.4 Å². The Balaban J connectivity index is 2.99. The van der Waals surface area contributed by atoms with Gasteiger partial charge in [0.05, 0.1) is 48.4 Å². The van der Waals surface area contributed by atoms with Gasteiger partial charge in [0.1, 0.15) is 5.56 Å². The van der Waals surface area contributed by atoms with Crippen molar-refractivity contribution in [3.63, 3.8) is 0 Å². The standard InChI is InChI=1S/C12H5N5O10/c18-13(19)6-1-2-8(9(3-6)15(22)23)12-10(16(24)25)4-7(14(20)21)5-11(12)17(26)27/h1-5H. The summed E-state index contributed by atoms with van der Waals surface area (Å²) in [5.74, 6) is 0. The minimum absolute atomic E-state index is 0.410. The maximum absolute atomic E-state index is 11.3. The number of hydrogen-bond acceptors (Lipinski definition) is 10. The van der Waals surface area contributed by atoms with Crippen molar-refractivity contribution < 1.29 is 24.6 Å². The molecular weight excluding hydrogens is 374 g/mol. The van der Waals surface area contributed by atoms with Crippen LogP contribution in [0.15, 0.2) is 30.3 Å². The molecule has 2 aromatic rings. The lowest BCUT2D eigenvalue weighted by molar-refractivity contribution is -0.402. The van der Waals surface area contributed by atoms with Gasteiger partial charge in [-0.25, -0.2) is 0 Å². The molecule has 27 heavy (non-hydrogen) atoms. The highest BCUT2D eigenvalue weighted by Crippen LogP contribution is 2.45. The molecule has 15 nitrogen and oxygen atoms in total. The number of non-ortho nitro benzene ring substituents is 2. The van der Waals surface area contributed by atoms with Crippen LogP contribution in [0.5, 0.6) is 0 Å². The predicted molar refractivity (Wildman–Crippen MR) is 85.2 cm³/mol. The molecule has 0 N–H and O–H groups in total. The Kier molecular flexibility index (Phi) is 4.69. The van der Waals surface area contributed by atoms with E-state index in [0.29, 0.717) is 18.2 Å². The van der Waals surface area contributed by atoms with E-state index in [-0.39, 0.29) is 0 Å². The van der Waals surface area contributed by atoms with Gasteiger partial charge in [0.25, 0.3) is 28.4 Å². The van der Waals surface area contributed by atoms with Crippen molar-refractivity contribution in [2.45, 2.75) is 0 Å². The molecule has 0 amide bonds. The van der Waals surface area contributed by atoms with Crippen molar-refractivity contribution >= 4 is 28.4 Å². The molecule has 0 aliphatic carbocycles. The second-order valence-electron chi connectivity index (χ2n) is 4.85. The van der Waals surface area contributed by atoms with Crippen LogP contribution in [-0.2, 0) is 0 Å². The number of nitrogens with zero attached hydrogens (tertiary/aromatic N) is 5. The van der Waals surface area contributed by atoms with Gasteiger partial charge in [-0.15, -0.1) is 0 Å². The fourth-order valence-corrected chi connectivity index (χ4v) is 2.26. The topological polar surface area (TPSA) is 216 Å². The molecule has 0 atom stereocenters. The van der Waals surface area contributed by atoms with Gasteiger partial charge < -0.3 is 0 Å². The van der Waals surface area contributed by atoms with Crippen LogP contribution in [0.1, 0.15) is 0 Å². The highest BCUT2D eigenvalue weighted by atomic mass is 16.6. The molecule has 0 radical (unpaired) electrons. The van der Waals surface area contributed by atoms with Crippen molar-refractivity contribution in [3.05, 3.63) is 80.9 Å². The monoisotopic (exact) mass is 379 g/mol. The number of nitro groups is 5. The van der Waals surface area contributed by atoms with E-state index in [1.54, 1.807) is 0 Å². The largest absolute Gasteiger partial charge is 0.291 e. The average Bonchev–Trinajstić information content (AvgIpc) is 2.59. The lowest BCUT2D eigenvalue weighted by Crippen LogP contribution is -2.03. The van der Waals surface area contributed by atoms with E-state index in [1.165, 1.54) is 0 Å². The van der Waals surface area contributed by atoms with Gasteiger partial charge in [-0.2, -0.15) is 0 Å². The molecule has 15 heteroatoms. The normalized spacial score (nSPS) is 10.2. The van der Waals surface area contributed by atoms with Gasteiger partial charge in [0, 0.05) is 6.07 Å². The molecule has 0 aliphatic heterocycles. The van der Waals surface area contributed by atoms with Crippen LogP contribution in [0.25, 0.3) is 11.1 Å². The van der Waals surface area contributed by atoms with E-state index in [1.807, 2.05) is 0 Å². The number of benzene rings is 2. The van der Waals surface area contributed by atoms with E-state index in [9.17, 15) is 50.6 Å². The Morgan fingerprint density at radius 1 is 0.519 bits per heavy atom. The molecular formula is C12H5N5O10. The molecule has 2 rings (SSSR count). The summed E-state index contributed by atoms with van der Waals surface area (Å²) < 4.78 is 0. The first-order valence-corrected chi connectivity index (χ1v) is 6.59. The molecule has 0 saturated carbocycles. The van der Waals surface area contributed by atoms with Crippen LogP contribution in [0.2, 0.25) is 0 Å². The Morgan fingerprint density at radius 2 is 0.926 bits per heavy atom. The minimum Gasteiger partial charge on any atom is -0.258 e. The molecule has 2 aromatic carbocycles. The number of nitro benzene ring substituents is 5. The van der Waals surface area contributed by atoms with Gasteiger partial charge in [-0.3, -0.25) is 50.6 Å². The summed E-state index contributed by atoms with van der Waals surface area (Å²) in [4.78, 5) is 49.9. The first-order valence-electron chi connectivity index (χ1n) is 6.59. The third-order valence-corrected chi connectivity index (χ3v) is 3.34. The van der Waals surface area contributed by atoms with Gasteiger partial charge in [-0.1, -0.05) is 0 Å². The molecule has 138 valence electrons. The third-order valence-electron chi connectivity index (χ3n) is 3.34. The summed E-state index contributed by atoms with van der Waals surface area (Å²) in [5.41, 5.74) is -6.51. The van der Waals surface area contributed by atoms with E-state index in [0.717, 1.165) is 12.1 Å². The number of rotatable bonds is 6. The highest BCUT2D eigenvalue weighted by Gasteiger charge is 2.35. The minimum atomic E-state index is -1.18. The predicted octanol–water partition coefficient (Wildman–Crippen LogP) is 2.89. The summed E-state index contributed by atoms with van der Waals surface area (Å²) in [6.45, 7) is 0. The van der Waals surface area contributed by atoms with Gasteiger partial charge >= 0.3 is 0 Å². The van der Waals surface area contributed by atoms with Crippen LogP contribution >= 0.6 is 0 Å².